The van der Waals surface area contributed by atoms with Crippen LogP contribution in [0.25, 0.3) is 0 Å². The van der Waals surface area contributed by atoms with Crippen molar-refractivity contribution in [2.24, 2.45) is 0 Å². The third kappa shape index (κ3) is 69.1. The average molecular weight is 1270 g/mol. The summed E-state index contributed by atoms with van der Waals surface area (Å²) in [6.45, 7) is 6.90. The third-order valence-corrected chi connectivity index (χ3v) is 17.5. The molecule has 0 saturated heterocycles. The predicted molar refractivity (Wildman–Crippen MR) is 387 cm³/mol. The number of hydrogen-bond acceptors (Lipinski definition) is 6. The zero-order valence-corrected chi connectivity index (χ0v) is 60.1. The van der Waals surface area contributed by atoms with Crippen molar-refractivity contribution in [2.45, 2.75) is 354 Å². The quantitative estimate of drug-likeness (QED) is 0.0205. The number of carbonyl (C=O) groups excluding carboxylic acids is 2. The van der Waals surface area contributed by atoms with Gasteiger partial charge >= 0.3 is 13.8 Å². The Labute approximate surface area is 551 Å². The first kappa shape index (κ1) is 85.9. The molecule has 0 aromatic heterocycles. The first-order valence-electron chi connectivity index (χ1n) is 37.6. The maximum Gasteiger partial charge on any atom is 0.472 e. The van der Waals surface area contributed by atoms with Crippen LogP contribution in [-0.4, -0.2) is 74.3 Å². The Morgan fingerprint density at radius 1 is 0.404 bits per heavy atom. The molecule has 89 heavy (non-hydrogen) atoms. The second-order valence-electron chi connectivity index (χ2n) is 26.4. The second kappa shape index (κ2) is 67.8. The minimum atomic E-state index is -4.46. The molecule has 516 valence electrons. The number of allylic oxidation sites excluding steroid dienone is 15. The van der Waals surface area contributed by atoms with E-state index in [1.807, 2.05) is 33.3 Å². The van der Waals surface area contributed by atoms with E-state index < -0.39 is 20.0 Å². The van der Waals surface area contributed by atoms with Crippen LogP contribution in [0.5, 0.6) is 0 Å². The lowest BCUT2D eigenvalue weighted by atomic mass is 10.0. The number of amides is 1. The van der Waals surface area contributed by atoms with E-state index in [4.69, 9.17) is 13.8 Å². The fraction of sp³-hybridized carbons (Fsp3) is 0.772. The van der Waals surface area contributed by atoms with Crippen LogP contribution in [0.2, 0.25) is 0 Å². The van der Waals surface area contributed by atoms with Crippen LogP contribution in [0, 0.1) is 0 Å². The summed E-state index contributed by atoms with van der Waals surface area (Å²) in [6.07, 6.45) is 92.9. The molecule has 3 atom stereocenters. The van der Waals surface area contributed by atoms with Gasteiger partial charge in [-0.1, -0.05) is 317 Å². The van der Waals surface area contributed by atoms with Crippen LogP contribution in [-0.2, 0) is 27.9 Å². The number of phosphoric acid groups is 1. The van der Waals surface area contributed by atoms with Gasteiger partial charge in [0.05, 0.1) is 33.8 Å². The van der Waals surface area contributed by atoms with Gasteiger partial charge in [-0.2, -0.15) is 0 Å². The van der Waals surface area contributed by atoms with Crippen molar-refractivity contribution in [1.29, 1.82) is 0 Å². The number of nitrogens with zero attached hydrogens (tertiary/aromatic N) is 1. The molecular weight excluding hydrogens is 1120 g/mol. The summed E-state index contributed by atoms with van der Waals surface area (Å²) in [4.78, 5) is 38.0. The topological polar surface area (TPSA) is 111 Å². The number of carbonyl (C=O) groups is 2. The van der Waals surface area contributed by atoms with Crippen molar-refractivity contribution in [3.8, 4) is 0 Å². The highest BCUT2D eigenvalue weighted by Crippen LogP contribution is 2.43. The molecule has 0 rings (SSSR count). The van der Waals surface area contributed by atoms with Crippen molar-refractivity contribution >= 4 is 19.7 Å². The standard InChI is InChI=1S/C79H143N2O7P/c1-7-10-13-16-19-22-25-27-29-31-33-35-37-39-40-42-43-45-47-49-51-53-56-59-62-65-68-71-78(82)80-76(75-87-89(84,85)86-74-73-81(4,5)6)77(70-67-64-61-58-55-24-21-18-15-12-9-3)88-79(83)72-69-66-63-60-57-54-52-50-48-46-44-41-38-36-34-32-30-28-26-23-20-17-14-11-8-2/h10,13,19-20,22-23,27-30,33,35,39-40,67,70,76-77H,7-9,11-12,14-18,21,24-26,31-32,34,36-38,41-66,68-69,71-75H2,1-6H3,(H-,80,82,84,85)/p+1/b13-10-,22-19-,23-20-,29-27-,30-28-,35-33-,40-39-,70-67+. The van der Waals surface area contributed by atoms with Crippen molar-refractivity contribution in [3.05, 3.63) is 97.2 Å². The van der Waals surface area contributed by atoms with Crippen LogP contribution in [0.1, 0.15) is 342 Å². The summed E-state index contributed by atoms with van der Waals surface area (Å²) < 4.78 is 30.9. The number of unbranched alkanes of at least 4 members (excludes halogenated alkanes) is 38. The summed E-state index contributed by atoms with van der Waals surface area (Å²) in [7, 11) is 1.49. The molecular formula is C79H144N2O7P+. The zero-order chi connectivity index (χ0) is 64.9. The largest absolute Gasteiger partial charge is 0.472 e. The van der Waals surface area contributed by atoms with Crippen molar-refractivity contribution in [3.63, 3.8) is 0 Å². The van der Waals surface area contributed by atoms with E-state index in [0.717, 1.165) is 96.3 Å². The predicted octanol–water partition coefficient (Wildman–Crippen LogP) is 24.2. The Balaban J connectivity index is 4.95. The summed E-state index contributed by atoms with van der Waals surface area (Å²) in [5, 5.41) is 3.07. The van der Waals surface area contributed by atoms with Gasteiger partial charge in [0.25, 0.3) is 0 Å². The van der Waals surface area contributed by atoms with Gasteiger partial charge in [0.1, 0.15) is 19.3 Å². The average Bonchev–Trinajstić information content (AvgIpc) is 3.70. The number of phosphoric ester groups is 1. The molecule has 0 spiro atoms. The summed E-state index contributed by atoms with van der Waals surface area (Å²) in [5.74, 6) is -0.501. The SMILES string of the molecule is CC/C=C\C/C=C\C/C=C\C/C=C\C/C=C\CCCCCCCCCCCCCC(=O)NC(COP(=O)(O)OCC[N+](C)(C)C)C(/C=C/CCCCCCCCCCC)OC(=O)CCCCCCCCCCCCCCCCC/C=C\C/C=C\CCCCC. The van der Waals surface area contributed by atoms with Gasteiger partial charge in [0.2, 0.25) is 5.91 Å². The Bertz CT molecular complexity index is 1840. The Morgan fingerprint density at radius 2 is 0.719 bits per heavy atom. The highest BCUT2D eigenvalue weighted by Gasteiger charge is 2.30. The van der Waals surface area contributed by atoms with Crippen LogP contribution < -0.4 is 5.32 Å². The lowest BCUT2D eigenvalue weighted by Gasteiger charge is -2.27. The molecule has 0 radical (unpaired) electrons. The first-order chi connectivity index (χ1) is 43.4. The number of quaternary nitrogens is 1. The van der Waals surface area contributed by atoms with Crippen LogP contribution >= 0.6 is 7.82 Å². The molecule has 10 heteroatoms. The molecule has 0 fully saturated rings. The highest BCUT2D eigenvalue weighted by molar-refractivity contribution is 7.47. The third-order valence-electron chi connectivity index (χ3n) is 16.5. The van der Waals surface area contributed by atoms with Crippen LogP contribution in [0.3, 0.4) is 0 Å². The fourth-order valence-corrected chi connectivity index (χ4v) is 11.5. The Morgan fingerprint density at radius 3 is 1.10 bits per heavy atom. The van der Waals surface area contributed by atoms with E-state index in [1.54, 1.807) is 0 Å². The number of esters is 1. The number of likely N-dealkylation sites (N-methyl/N-ethyl adjacent to an activating group) is 1. The van der Waals surface area contributed by atoms with E-state index in [0.29, 0.717) is 17.4 Å². The monoisotopic (exact) mass is 1260 g/mol. The van der Waals surface area contributed by atoms with Crippen LogP contribution in [0.4, 0.5) is 0 Å². The van der Waals surface area contributed by atoms with Crippen LogP contribution in [0.15, 0.2) is 97.2 Å². The molecule has 0 aromatic carbocycles. The molecule has 0 saturated carbocycles. The normalized spacial score (nSPS) is 14.0. The second-order valence-corrected chi connectivity index (χ2v) is 27.9. The molecule has 1 amide bonds. The lowest BCUT2D eigenvalue weighted by Crippen LogP contribution is -2.47. The maximum absolute atomic E-state index is 13.6. The summed E-state index contributed by atoms with van der Waals surface area (Å²) in [5.41, 5.74) is 0. The molecule has 0 aromatic rings. The Kier molecular flexibility index (Phi) is 65.5. The highest BCUT2D eigenvalue weighted by atomic mass is 31.2. The van der Waals surface area contributed by atoms with Gasteiger partial charge in [0.15, 0.2) is 0 Å². The molecule has 2 N–H and O–H groups in total. The van der Waals surface area contributed by atoms with Gasteiger partial charge in [0, 0.05) is 12.8 Å². The smallest absolute Gasteiger partial charge is 0.456 e. The van der Waals surface area contributed by atoms with E-state index in [-0.39, 0.29) is 31.5 Å². The van der Waals surface area contributed by atoms with E-state index in [9.17, 15) is 19.0 Å². The van der Waals surface area contributed by atoms with Crippen molar-refractivity contribution in [2.75, 3.05) is 40.9 Å². The van der Waals surface area contributed by atoms with Gasteiger partial charge in [-0.25, -0.2) is 4.57 Å². The lowest BCUT2D eigenvalue weighted by molar-refractivity contribution is -0.870. The van der Waals surface area contributed by atoms with E-state index in [1.165, 1.54) is 212 Å². The van der Waals surface area contributed by atoms with E-state index in [2.05, 4.69) is 111 Å². The van der Waals surface area contributed by atoms with Crippen molar-refractivity contribution in [1.82, 2.24) is 5.32 Å². The van der Waals surface area contributed by atoms with Gasteiger partial charge in [-0.3, -0.25) is 18.6 Å². The number of hydrogen-bond donors (Lipinski definition) is 2. The van der Waals surface area contributed by atoms with Gasteiger partial charge in [-0.15, -0.1) is 0 Å². The zero-order valence-electron chi connectivity index (χ0n) is 59.2. The fourth-order valence-electron chi connectivity index (χ4n) is 10.8. The summed E-state index contributed by atoms with van der Waals surface area (Å²) >= 11 is 0. The minimum Gasteiger partial charge on any atom is -0.456 e. The molecule has 3 unspecified atom stereocenters. The maximum atomic E-state index is 13.6. The van der Waals surface area contributed by atoms with E-state index >= 15 is 0 Å². The number of ether oxygens (including phenoxy) is 1. The minimum absolute atomic E-state index is 0.0372. The molecule has 0 heterocycles. The molecule has 0 aliphatic rings. The van der Waals surface area contributed by atoms with Crippen molar-refractivity contribution < 1.29 is 37.3 Å². The molecule has 9 nitrogen and oxygen atoms in total. The molecule has 0 bridgehead atoms. The molecule has 0 aliphatic heterocycles. The first-order valence-corrected chi connectivity index (χ1v) is 39.1. The van der Waals surface area contributed by atoms with Gasteiger partial charge in [-0.05, 0) is 109 Å². The summed E-state index contributed by atoms with van der Waals surface area (Å²) in [6, 6.07) is -0.855. The number of nitrogens with one attached hydrogen (secondary N) is 1. The Hall–Kier alpha value is -3.07. The molecule has 0 aliphatic carbocycles. The number of rotatable bonds is 68. The van der Waals surface area contributed by atoms with Gasteiger partial charge < -0.3 is 19.4 Å².